The highest BCUT2D eigenvalue weighted by Gasteiger charge is 2.29. The second-order valence-corrected chi connectivity index (χ2v) is 10.9. The number of anilines is 3. The SMILES string of the molecule is Nc1c(N2CCCc3ccc(CNC(=O)c4cc(C(=O)N[C@H]5CCc6cc(-c7ncn[nH]7)ccc65)ncn4)cc32)c(=O)c1=O. The number of amides is 2. The number of fused-ring (bicyclic) bond motifs is 2. The summed E-state index contributed by atoms with van der Waals surface area (Å²) in [5.74, 6) is -0.175. The Labute approximate surface area is 250 Å². The van der Waals surface area contributed by atoms with Crippen molar-refractivity contribution >= 4 is 28.9 Å². The van der Waals surface area contributed by atoms with Crippen LogP contribution in [0.2, 0.25) is 0 Å². The Kier molecular flexibility index (Phi) is 6.68. The van der Waals surface area contributed by atoms with Gasteiger partial charge in [0.05, 0.1) is 6.04 Å². The average Bonchev–Trinajstić information content (AvgIpc) is 3.74. The standard InChI is InChI=1S/C31H27N9O4/c32-25-26(28(42)27(25)41)40-9-1-2-17-4-3-16(10-24(17)40)13-33-30(43)22-12-23(35-14-34-22)31(44)38-21-8-6-18-11-19(5-7-20(18)21)29-36-15-37-39-29/h3-5,7,10-12,14-15,21H,1-2,6,8-9,13,32H2,(H,33,43)(H,38,44)(H,36,37,39)/t21-/m0/s1. The lowest BCUT2D eigenvalue weighted by Gasteiger charge is -2.32. The molecule has 7 rings (SSSR count). The lowest BCUT2D eigenvalue weighted by Crippen LogP contribution is -2.42. The number of carbonyl (C=O) groups excluding carboxylic acids is 2. The third kappa shape index (κ3) is 4.77. The Morgan fingerprint density at radius 3 is 2.57 bits per heavy atom. The minimum Gasteiger partial charge on any atom is -0.394 e. The zero-order chi connectivity index (χ0) is 30.4. The van der Waals surface area contributed by atoms with Crippen molar-refractivity contribution < 1.29 is 9.59 Å². The van der Waals surface area contributed by atoms with Crippen LogP contribution in [0.4, 0.5) is 17.1 Å². The average molecular weight is 590 g/mol. The van der Waals surface area contributed by atoms with Crippen LogP contribution in [0.15, 0.2) is 64.7 Å². The van der Waals surface area contributed by atoms with E-state index >= 15 is 0 Å². The van der Waals surface area contributed by atoms with Crippen LogP contribution in [-0.4, -0.2) is 43.5 Å². The summed E-state index contributed by atoms with van der Waals surface area (Å²) in [6.07, 6.45) is 5.86. The van der Waals surface area contributed by atoms with Gasteiger partial charge in [0.1, 0.15) is 35.4 Å². The molecule has 1 atom stereocenters. The van der Waals surface area contributed by atoms with Gasteiger partial charge in [0.25, 0.3) is 22.7 Å². The Morgan fingerprint density at radius 1 is 0.932 bits per heavy atom. The van der Waals surface area contributed by atoms with E-state index in [-0.39, 0.29) is 35.3 Å². The van der Waals surface area contributed by atoms with Crippen LogP contribution in [0.5, 0.6) is 0 Å². The number of aromatic nitrogens is 5. The number of benzene rings is 2. The van der Waals surface area contributed by atoms with Crippen LogP contribution < -0.4 is 32.1 Å². The first-order valence-corrected chi connectivity index (χ1v) is 14.2. The highest BCUT2D eigenvalue weighted by Crippen LogP contribution is 2.35. The number of nitrogen functional groups attached to an aromatic ring is 1. The summed E-state index contributed by atoms with van der Waals surface area (Å²) in [4.78, 5) is 64.2. The molecule has 0 unspecified atom stereocenters. The molecule has 13 heteroatoms. The zero-order valence-electron chi connectivity index (χ0n) is 23.5. The molecule has 0 saturated heterocycles. The lowest BCUT2D eigenvalue weighted by atomic mass is 9.97. The minimum absolute atomic E-state index is 0.0146. The van der Waals surface area contributed by atoms with Gasteiger partial charge >= 0.3 is 0 Å². The summed E-state index contributed by atoms with van der Waals surface area (Å²) < 4.78 is 0. The highest BCUT2D eigenvalue weighted by molar-refractivity contribution is 5.97. The molecule has 2 aliphatic rings. The molecule has 3 heterocycles. The number of rotatable bonds is 7. The quantitative estimate of drug-likeness (QED) is 0.204. The predicted molar refractivity (Wildman–Crippen MR) is 161 cm³/mol. The van der Waals surface area contributed by atoms with E-state index in [1.165, 1.54) is 18.7 Å². The summed E-state index contributed by atoms with van der Waals surface area (Å²) in [6, 6.07) is 12.9. The fourth-order valence-electron chi connectivity index (χ4n) is 6.00. The van der Waals surface area contributed by atoms with E-state index in [0.29, 0.717) is 12.4 Å². The molecule has 44 heavy (non-hydrogen) atoms. The van der Waals surface area contributed by atoms with Crippen LogP contribution in [0.25, 0.3) is 11.4 Å². The molecule has 2 amide bonds. The van der Waals surface area contributed by atoms with Crippen LogP contribution in [-0.2, 0) is 19.4 Å². The predicted octanol–water partition coefficient (Wildman–Crippen LogP) is 1.87. The summed E-state index contributed by atoms with van der Waals surface area (Å²) >= 11 is 0. The van der Waals surface area contributed by atoms with Gasteiger partial charge in [-0.25, -0.2) is 15.0 Å². The number of nitrogens with two attached hydrogens (primary N) is 1. The normalized spacial score (nSPS) is 15.5. The fourth-order valence-corrected chi connectivity index (χ4v) is 6.00. The van der Waals surface area contributed by atoms with Crippen molar-refractivity contribution in [2.75, 3.05) is 17.2 Å². The van der Waals surface area contributed by atoms with Crippen molar-refractivity contribution in [3.05, 3.63) is 109 Å². The number of carbonyl (C=O) groups is 2. The largest absolute Gasteiger partial charge is 0.394 e. The lowest BCUT2D eigenvalue weighted by molar-refractivity contribution is 0.0931. The Morgan fingerprint density at radius 2 is 1.77 bits per heavy atom. The third-order valence-corrected chi connectivity index (χ3v) is 8.26. The smallest absolute Gasteiger partial charge is 0.270 e. The van der Waals surface area contributed by atoms with Crippen LogP contribution in [0, 0.1) is 0 Å². The number of H-pyrrole nitrogens is 1. The number of hydrogen-bond acceptors (Lipinski definition) is 10. The van der Waals surface area contributed by atoms with E-state index in [1.807, 2.05) is 30.3 Å². The van der Waals surface area contributed by atoms with Gasteiger partial charge in [0.2, 0.25) is 0 Å². The number of nitrogens with one attached hydrogen (secondary N) is 3. The molecule has 5 aromatic rings. The number of aromatic amines is 1. The van der Waals surface area contributed by atoms with Crippen molar-refractivity contribution in [3.8, 4) is 11.4 Å². The van der Waals surface area contributed by atoms with Gasteiger partial charge in [-0.1, -0.05) is 24.3 Å². The Bertz CT molecular complexity index is 2000. The van der Waals surface area contributed by atoms with E-state index in [4.69, 9.17) is 5.73 Å². The molecule has 0 bridgehead atoms. The summed E-state index contributed by atoms with van der Waals surface area (Å²) in [5, 5.41) is 12.6. The number of nitrogens with zero attached hydrogens (tertiary/aromatic N) is 5. The first kappa shape index (κ1) is 27.1. The van der Waals surface area contributed by atoms with Crippen LogP contribution in [0.3, 0.4) is 0 Å². The highest BCUT2D eigenvalue weighted by atomic mass is 16.2. The van der Waals surface area contributed by atoms with Gasteiger partial charge in [0.15, 0.2) is 5.82 Å². The second kappa shape index (κ2) is 10.8. The molecule has 1 aliphatic heterocycles. The molecule has 3 aromatic carbocycles. The molecular weight excluding hydrogens is 562 g/mol. The van der Waals surface area contributed by atoms with Crippen LogP contribution in [0.1, 0.15) is 62.1 Å². The Balaban J connectivity index is 1.01. The van der Waals surface area contributed by atoms with Gasteiger partial charge in [-0.3, -0.25) is 24.3 Å². The van der Waals surface area contributed by atoms with Crippen molar-refractivity contribution in [3.63, 3.8) is 0 Å². The molecule has 220 valence electrons. The van der Waals surface area contributed by atoms with Crippen molar-refractivity contribution in [2.24, 2.45) is 0 Å². The summed E-state index contributed by atoms with van der Waals surface area (Å²) in [7, 11) is 0. The maximum Gasteiger partial charge on any atom is 0.270 e. The van der Waals surface area contributed by atoms with E-state index in [2.05, 4.69) is 41.8 Å². The molecule has 0 fully saturated rings. The van der Waals surface area contributed by atoms with Crippen molar-refractivity contribution in [1.29, 1.82) is 0 Å². The Hall–Kier alpha value is -5.72. The fraction of sp³-hybridized carbons (Fsp3) is 0.226. The molecule has 2 aromatic heterocycles. The van der Waals surface area contributed by atoms with Gasteiger partial charge < -0.3 is 21.3 Å². The molecule has 13 nitrogen and oxygen atoms in total. The topological polar surface area (TPSA) is 189 Å². The van der Waals surface area contributed by atoms with Crippen molar-refractivity contribution in [2.45, 2.75) is 38.3 Å². The van der Waals surface area contributed by atoms with Crippen LogP contribution >= 0.6 is 0 Å². The second-order valence-electron chi connectivity index (χ2n) is 10.9. The molecule has 0 saturated carbocycles. The van der Waals surface area contributed by atoms with Gasteiger partial charge in [-0.15, -0.1) is 0 Å². The first-order valence-electron chi connectivity index (χ1n) is 14.2. The maximum atomic E-state index is 13.1. The van der Waals surface area contributed by atoms with Gasteiger partial charge in [-0.05, 0) is 60.1 Å². The monoisotopic (exact) mass is 589 g/mol. The molecule has 5 N–H and O–H groups in total. The van der Waals surface area contributed by atoms with E-state index in [9.17, 15) is 19.2 Å². The first-order chi connectivity index (χ1) is 21.4. The van der Waals surface area contributed by atoms with Gasteiger partial charge in [0, 0.05) is 30.4 Å². The van der Waals surface area contributed by atoms with Gasteiger partial charge in [-0.2, -0.15) is 5.10 Å². The summed E-state index contributed by atoms with van der Waals surface area (Å²) in [6.45, 7) is 0.752. The molecule has 1 aliphatic carbocycles. The molecular formula is C31H27N9O4. The third-order valence-electron chi connectivity index (χ3n) is 8.26. The zero-order valence-corrected chi connectivity index (χ0v) is 23.5. The van der Waals surface area contributed by atoms with E-state index in [1.54, 1.807) is 4.90 Å². The number of hydrogen-bond donors (Lipinski definition) is 4. The van der Waals surface area contributed by atoms with Crippen molar-refractivity contribution in [1.82, 2.24) is 35.8 Å². The molecule has 0 radical (unpaired) electrons. The summed E-state index contributed by atoms with van der Waals surface area (Å²) in [5.41, 5.74) is 10.7. The minimum atomic E-state index is -0.654. The molecule has 0 spiro atoms. The van der Waals surface area contributed by atoms with E-state index in [0.717, 1.165) is 59.2 Å². The number of aryl methyl sites for hydroxylation is 2. The maximum absolute atomic E-state index is 13.1. The van der Waals surface area contributed by atoms with E-state index < -0.39 is 22.7 Å².